The van der Waals surface area contributed by atoms with Crippen LogP contribution in [0.4, 0.5) is 0 Å². The van der Waals surface area contributed by atoms with E-state index in [0.717, 1.165) is 17.7 Å². The molecule has 1 unspecified atom stereocenters. The van der Waals surface area contributed by atoms with Gasteiger partial charge in [0.2, 0.25) is 0 Å². The summed E-state index contributed by atoms with van der Waals surface area (Å²) in [5.41, 5.74) is 0.962. The first-order chi connectivity index (χ1) is 10.8. The van der Waals surface area contributed by atoms with E-state index in [9.17, 15) is 5.11 Å². The summed E-state index contributed by atoms with van der Waals surface area (Å²) in [5.74, 6) is 0.755. The van der Waals surface area contributed by atoms with E-state index in [-0.39, 0.29) is 12.7 Å². The van der Waals surface area contributed by atoms with E-state index in [1.54, 1.807) is 0 Å². The van der Waals surface area contributed by atoms with E-state index in [1.807, 2.05) is 89.3 Å². The summed E-state index contributed by atoms with van der Waals surface area (Å²) in [6.07, 6.45) is 8.13. The van der Waals surface area contributed by atoms with Crippen molar-refractivity contribution in [3.63, 3.8) is 0 Å². The standard InChI is InChI=1S/C16H20O2.2C2H6/c1-3-5-10-14(9-4-2)16(13-17)18-15-11-7-6-8-12-15;2*1-2/h3-4,6-12,16-17H,1,5,13H2,2H3;2*1-2H3/b9-4-,14-10+;;. The van der Waals surface area contributed by atoms with Gasteiger partial charge in [-0.1, -0.05) is 70.2 Å². The molecule has 1 N–H and O–H groups in total. The van der Waals surface area contributed by atoms with Crippen LogP contribution in [0.25, 0.3) is 0 Å². The molecule has 1 rings (SSSR count). The van der Waals surface area contributed by atoms with E-state index in [2.05, 4.69) is 6.58 Å². The van der Waals surface area contributed by atoms with Crippen molar-refractivity contribution in [3.8, 4) is 5.75 Å². The minimum Gasteiger partial charge on any atom is -0.483 e. The molecule has 1 atom stereocenters. The van der Waals surface area contributed by atoms with Gasteiger partial charge < -0.3 is 9.84 Å². The van der Waals surface area contributed by atoms with E-state index >= 15 is 0 Å². The van der Waals surface area contributed by atoms with Crippen LogP contribution in [0.5, 0.6) is 5.75 Å². The first-order valence-electron chi connectivity index (χ1n) is 8.08. The van der Waals surface area contributed by atoms with Crippen LogP contribution in [0.15, 0.2) is 66.8 Å². The van der Waals surface area contributed by atoms with E-state index < -0.39 is 0 Å². The van der Waals surface area contributed by atoms with Gasteiger partial charge >= 0.3 is 0 Å². The fourth-order valence-corrected chi connectivity index (χ4v) is 1.59. The molecule has 2 heteroatoms. The van der Waals surface area contributed by atoms with Crippen molar-refractivity contribution in [1.82, 2.24) is 0 Å². The number of ether oxygens (including phenoxy) is 1. The Hall–Kier alpha value is -1.80. The first kappa shape index (κ1) is 22.5. The lowest BCUT2D eigenvalue weighted by atomic mass is 10.1. The third kappa shape index (κ3) is 10.0. The molecule has 0 radical (unpaired) electrons. The molecule has 0 aliphatic heterocycles. The highest BCUT2D eigenvalue weighted by atomic mass is 16.5. The average molecular weight is 304 g/mol. The molecule has 1 aromatic rings. The Balaban J connectivity index is 0. The topological polar surface area (TPSA) is 29.5 Å². The highest BCUT2D eigenvalue weighted by Gasteiger charge is 2.12. The quantitative estimate of drug-likeness (QED) is 0.528. The Labute approximate surface area is 136 Å². The number of benzene rings is 1. The lowest BCUT2D eigenvalue weighted by Crippen LogP contribution is -2.23. The van der Waals surface area contributed by atoms with Gasteiger partial charge in [-0.2, -0.15) is 0 Å². The monoisotopic (exact) mass is 304 g/mol. The average Bonchev–Trinajstić information content (AvgIpc) is 2.61. The molecule has 22 heavy (non-hydrogen) atoms. The van der Waals surface area contributed by atoms with Crippen molar-refractivity contribution in [2.75, 3.05) is 6.61 Å². The lowest BCUT2D eigenvalue weighted by molar-refractivity contribution is 0.143. The Morgan fingerprint density at radius 3 is 2.23 bits per heavy atom. The lowest BCUT2D eigenvalue weighted by Gasteiger charge is -2.18. The van der Waals surface area contributed by atoms with Crippen LogP contribution in [-0.2, 0) is 0 Å². The number of rotatable bonds is 7. The van der Waals surface area contributed by atoms with Crippen LogP contribution in [0.2, 0.25) is 0 Å². The molecule has 124 valence electrons. The minimum absolute atomic E-state index is 0.0534. The van der Waals surface area contributed by atoms with Crippen molar-refractivity contribution in [2.24, 2.45) is 0 Å². The molecule has 0 aliphatic rings. The summed E-state index contributed by atoms with van der Waals surface area (Å²) in [4.78, 5) is 0. The second-order valence-electron chi connectivity index (χ2n) is 3.83. The van der Waals surface area contributed by atoms with Crippen molar-refractivity contribution in [1.29, 1.82) is 0 Å². The van der Waals surface area contributed by atoms with Gasteiger partial charge in [-0.25, -0.2) is 0 Å². The molecule has 1 aromatic carbocycles. The van der Waals surface area contributed by atoms with Crippen LogP contribution in [0.3, 0.4) is 0 Å². The third-order valence-corrected chi connectivity index (χ3v) is 2.44. The number of aliphatic hydroxyl groups is 1. The maximum atomic E-state index is 9.46. The van der Waals surface area contributed by atoms with Gasteiger partial charge in [0.05, 0.1) is 6.61 Å². The van der Waals surface area contributed by atoms with Crippen LogP contribution >= 0.6 is 0 Å². The molecule has 0 aromatic heterocycles. The maximum Gasteiger partial charge on any atom is 0.146 e. The molecular formula is C20H32O2. The number of para-hydroxylation sites is 1. The van der Waals surface area contributed by atoms with E-state index in [1.165, 1.54) is 0 Å². The molecule has 0 amide bonds. The zero-order valence-corrected chi connectivity index (χ0v) is 14.8. The molecule has 0 saturated carbocycles. The van der Waals surface area contributed by atoms with Crippen LogP contribution in [0.1, 0.15) is 41.0 Å². The van der Waals surface area contributed by atoms with E-state index in [0.29, 0.717) is 0 Å². The minimum atomic E-state index is -0.344. The van der Waals surface area contributed by atoms with Gasteiger partial charge in [0.15, 0.2) is 0 Å². The molecule has 2 nitrogen and oxygen atoms in total. The van der Waals surface area contributed by atoms with Crippen molar-refractivity contribution in [2.45, 2.75) is 47.1 Å². The number of aliphatic hydroxyl groups excluding tert-OH is 1. The van der Waals surface area contributed by atoms with Gasteiger partial charge in [-0.3, -0.25) is 0 Å². The second-order valence-corrected chi connectivity index (χ2v) is 3.83. The van der Waals surface area contributed by atoms with Crippen LogP contribution in [0, 0.1) is 0 Å². The zero-order chi connectivity index (χ0) is 17.2. The summed E-state index contributed by atoms with van der Waals surface area (Å²) < 4.78 is 5.77. The molecule has 0 saturated heterocycles. The molecule has 0 fully saturated rings. The van der Waals surface area contributed by atoms with Crippen LogP contribution in [-0.4, -0.2) is 17.8 Å². The number of hydrogen-bond donors (Lipinski definition) is 1. The van der Waals surface area contributed by atoms with Crippen molar-refractivity contribution >= 4 is 0 Å². The zero-order valence-electron chi connectivity index (χ0n) is 14.8. The molecule has 0 aliphatic carbocycles. The summed E-state index contributed by atoms with van der Waals surface area (Å²) in [7, 11) is 0. The molecule has 0 heterocycles. The summed E-state index contributed by atoms with van der Waals surface area (Å²) >= 11 is 0. The van der Waals surface area contributed by atoms with Crippen LogP contribution < -0.4 is 4.74 Å². The second kappa shape index (κ2) is 17.3. The normalized spacial score (nSPS) is 11.6. The Morgan fingerprint density at radius 2 is 1.77 bits per heavy atom. The predicted molar refractivity (Wildman–Crippen MR) is 98.4 cm³/mol. The van der Waals surface area contributed by atoms with Gasteiger partial charge in [0.25, 0.3) is 0 Å². The highest BCUT2D eigenvalue weighted by Crippen LogP contribution is 2.16. The summed E-state index contributed by atoms with van der Waals surface area (Å²) in [6, 6.07) is 9.51. The Kier molecular flexibility index (Phi) is 17.6. The van der Waals surface area contributed by atoms with Gasteiger partial charge in [-0.05, 0) is 31.1 Å². The number of allylic oxidation sites excluding steroid dienone is 3. The van der Waals surface area contributed by atoms with Crippen molar-refractivity contribution in [3.05, 3.63) is 66.8 Å². The SMILES string of the molecule is C=CC/C=C(\C=C/C)C(CO)Oc1ccccc1.CC.CC. The predicted octanol–water partition coefficient (Wildman–Crippen LogP) is 5.56. The molecule has 0 bridgehead atoms. The third-order valence-electron chi connectivity index (χ3n) is 2.44. The fraction of sp³-hybridized carbons (Fsp3) is 0.400. The maximum absolute atomic E-state index is 9.46. The number of hydrogen-bond acceptors (Lipinski definition) is 2. The van der Waals surface area contributed by atoms with Crippen molar-refractivity contribution < 1.29 is 9.84 Å². The fourth-order valence-electron chi connectivity index (χ4n) is 1.59. The highest BCUT2D eigenvalue weighted by molar-refractivity contribution is 5.28. The Morgan fingerprint density at radius 1 is 1.18 bits per heavy atom. The van der Waals surface area contributed by atoms with Gasteiger partial charge in [-0.15, -0.1) is 6.58 Å². The van der Waals surface area contributed by atoms with Gasteiger partial charge in [0, 0.05) is 0 Å². The summed E-state index contributed by atoms with van der Waals surface area (Å²) in [5, 5.41) is 9.46. The molecule has 0 spiro atoms. The summed E-state index contributed by atoms with van der Waals surface area (Å²) in [6.45, 7) is 13.6. The largest absolute Gasteiger partial charge is 0.483 e. The Bertz CT molecular complexity index is 405. The van der Waals surface area contributed by atoms with Gasteiger partial charge in [0.1, 0.15) is 11.9 Å². The molecular weight excluding hydrogens is 272 g/mol. The van der Waals surface area contributed by atoms with E-state index in [4.69, 9.17) is 4.74 Å². The smallest absolute Gasteiger partial charge is 0.146 e. The first-order valence-corrected chi connectivity index (χ1v) is 8.08.